The van der Waals surface area contributed by atoms with Gasteiger partial charge < -0.3 is 19.8 Å². The third-order valence-corrected chi connectivity index (χ3v) is 2.80. The van der Waals surface area contributed by atoms with Crippen LogP contribution in [0.5, 0.6) is 0 Å². The Morgan fingerprint density at radius 2 is 1.55 bits per heavy atom. The highest BCUT2D eigenvalue weighted by atomic mass is 16.4. The van der Waals surface area contributed by atoms with E-state index < -0.39 is 11.9 Å². The summed E-state index contributed by atoms with van der Waals surface area (Å²) in [6, 6.07) is 2.82. The summed E-state index contributed by atoms with van der Waals surface area (Å²) in [4.78, 5) is 22.4. The fourth-order valence-electron chi connectivity index (χ4n) is 2.09. The molecule has 4 nitrogen and oxygen atoms in total. The van der Waals surface area contributed by atoms with Gasteiger partial charge in [0.2, 0.25) is 0 Å². The molecule has 4 heteroatoms. The Balaban J connectivity index is 3.60. The van der Waals surface area contributed by atoms with Crippen molar-refractivity contribution in [2.45, 2.75) is 26.7 Å². The third kappa shape index (κ3) is 3.57. The number of benzene rings is 1. The van der Waals surface area contributed by atoms with E-state index in [1.807, 2.05) is 6.92 Å². The number of rotatable bonds is 6. The molecule has 1 aromatic carbocycles. The number of carboxylic acids is 2. The molecule has 0 atom stereocenters. The molecule has 20 heavy (non-hydrogen) atoms. The molecule has 0 heterocycles. The largest absolute Gasteiger partial charge is 0.545 e. The highest BCUT2D eigenvalue weighted by molar-refractivity contribution is 6.01. The second kappa shape index (κ2) is 6.19. The fourth-order valence-corrected chi connectivity index (χ4v) is 2.09. The molecular weight excluding hydrogens is 256 g/mol. The molecule has 106 valence electrons. The summed E-state index contributed by atoms with van der Waals surface area (Å²) in [5.41, 5.74) is 2.00. The summed E-state index contributed by atoms with van der Waals surface area (Å²) in [5, 5.41) is 22.4. The molecule has 0 amide bonds. The first-order valence-corrected chi connectivity index (χ1v) is 6.10. The summed E-state index contributed by atoms with van der Waals surface area (Å²) in [6.07, 6.45) is 0.739. The lowest BCUT2D eigenvalue weighted by molar-refractivity contribution is -0.259. The maximum Gasteiger partial charge on any atom is 0.0724 e. The van der Waals surface area contributed by atoms with E-state index in [0.29, 0.717) is 17.5 Å². The molecule has 0 bridgehead atoms. The van der Waals surface area contributed by atoms with Crippen molar-refractivity contribution in [1.82, 2.24) is 0 Å². The van der Waals surface area contributed by atoms with E-state index in [1.54, 1.807) is 13.0 Å². The standard InChI is InChI=1S/C16H18O4/c1-9(2)7-11-5-6-12(15(17)18)14(16(19)20)13(11)8-10(3)4/h5-6H,1,3,7-8H2,2,4H3,(H,17,18)(H,19,20)/p-2. The molecule has 0 aliphatic heterocycles. The minimum atomic E-state index is -1.53. The van der Waals surface area contributed by atoms with Crippen molar-refractivity contribution < 1.29 is 19.8 Å². The van der Waals surface area contributed by atoms with Crippen LogP contribution in [0.15, 0.2) is 36.4 Å². The number of aromatic carboxylic acids is 2. The zero-order chi connectivity index (χ0) is 15.4. The van der Waals surface area contributed by atoms with Gasteiger partial charge in [-0.3, -0.25) is 0 Å². The smallest absolute Gasteiger partial charge is 0.0724 e. The number of hydrogen-bond donors (Lipinski definition) is 0. The average molecular weight is 272 g/mol. The lowest BCUT2D eigenvalue weighted by atomic mass is 9.89. The molecule has 0 aliphatic carbocycles. The Bertz CT molecular complexity index is 597. The highest BCUT2D eigenvalue weighted by Gasteiger charge is 2.15. The Hall–Kier alpha value is -2.36. The van der Waals surface area contributed by atoms with E-state index >= 15 is 0 Å². The summed E-state index contributed by atoms with van der Waals surface area (Å²) < 4.78 is 0. The SMILES string of the molecule is C=C(C)Cc1ccc(C(=O)[O-])c(C(=O)[O-])c1CC(=C)C. The summed E-state index contributed by atoms with van der Waals surface area (Å²) >= 11 is 0. The highest BCUT2D eigenvalue weighted by Crippen LogP contribution is 2.23. The van der Waals surface area contributed by atoms with Gasteiger partial charge in [0.1, 0.15) is 0 Å². The second-order valence-corrected chi connectivity index (χ2v) is 4.97. The molecule has 0 saturated carbocycles. The first-order valence-electron chi connectivity index (χ1n) is 6.10. The van der Waals surface area contributed by atoms with Gasteiger partial charge in [-0.1, -0.05) is 36.4 Å². The maximum absolute atomic E-state index is 11.3. The van der Waals surface area contributed by atoms with E-state index in [0.717, 1.165) is 11.1 Å². The zero-order valence-electron chi connectivity index (χ0n) is 11.6. The molecular formula is C16H16O4-2. The van der Waals surface area contributed by atoms with Crippen LogP contribution in [0.3, 0.4) is 0 Å². The van der Waals surface area contributed by atoms with Crippen molar-refractivity contribution in [2.24, 2.45) is 0 Å². The number of hydrogen-bond acceptors (Lipinski definition) is 4. The lowest BCUT2D eigenvalue weighted by Crippen LogP contribution is -2.31. The van der Waals surface area contributed by atoms with Crippen LogP contribution in [0.2, 0.25) is 0 Å². The van der Waals surface area contributed by atoms with E-state index in [4.69, 9.17) is 0 Å². The van der Waals surface area contributed by atoms with Crippen molar-refractivity contribution in [3.8, 4) is 0 Å². The predicted octanol–water partition coefficient (Wildman–Crippen LogP) is 0.651. The van der Waals surface area contributed by atoms with Crippen molar-refractivity contribution >= 4 is 11.9 Å². The van der Waals surface area contributed by atoms with Crippen molar-refractivity contribution in [3.63, 3.8) is 0 Å². The Morgan fingerprint density at radius 3 is 1.95 bits per heavy atom. The van der Waals surface area contributed by atoms with E-state index in [-0.39, 0.29) is 17.5 Å². The van der Waals surface area contributed by atoms with Crippen LogP contribution < -0.4 is 10.2 Å². The molecule has 1 aromatic rings. The van der Waals surface area contributed by atoms with Gasteiger partial charge in [-0.2, -0.15) is 0 Å². The first kappa shape index (κ1) is 15.7. The molecule has 0 radical (unpaired) electrons. The topological polar surface area (TPSA) is 80.3 Å². The van der Waals surface area contributed by atoms with Crippen LogP contribution in [-0.4, -0.2) is 11.9 Å². The van der Waals surface area contributed by atoms with Crippen LogP contribution in [-0.2, 0) is 12.8 Å². The molecule has 0 aromatic heterocycles. The van der Waals surface area contributed by atoms with Crippen molar-refractivity contribution in [3.05, 3.63) is 58.7 Å². The average Bonchev–Trinajstić information content (AvgIpc) is 2.28. The van der Waals surface area contributed by atoms with Crippen LogP contribution in [0.1, 0.15) is 45.7 Å². The molecule has 0 unspecified atom stereocenters. The third-order valence-electron chi connectivity index (χ3n) is 2.80. The van der Waals surface area contributed by atoms with E-state index in [2.05, 4.69) is 13.2 Å². The van der Waals surface area contributed by atoms with Crippen molar-refractivity contribution in [2.75, 3.05) is 0 Å². The van der Waals surface area contributed by atoms with Gasteiger partial charge in [-0.05, 0) is 37.8 Å². The van der Waals surface area contributed by atoms with Gasteiger partial charge in [0.25, 0.3) is 0 Å². The lowest BCUT2D eigenvalue weighted by Gasteiger charge is -2.20. The van der Waals surface area contributed by atoms with Crippen LogP contribution in [0.25, 0.3) is 0 Å². The minimum absolute atomic E-state index is 0.271. The number of carbonyl (C=O) groups is 2. The van der Waals surface area contributed by atoms with Gasteiger partial charge in [-0.15, -0.1) is 0 Å². The number of carboxylic acid groups (broad SMARTS) is 2. The Morgan fingerprint density at radius 1 is 1.00 bits per heavy atom. The van der Waals surface area contributed by atoms with Gasteiger partial charge >= 0.3 is 0 Å². The fraction of sp³-hybridized carbons (Fsp3) is 0.250. The first-order chi connectivity index (χ1) is 9.23. The van der Waals surface area contributed by atoms with E-state index in [1.165, 1.54) is 6.07 Å². The molecule has 0 spiro atoms. The van der Waals surface area contributed by atoms with Crippen molar-refractivity contribution in [1.29, 1.82) is 0 Å². The molecule has 1 rings (SSSR count). The molecule has 0 aliphatic rings. The monoisotopic (exact) mass is 272 g/mol. The summed E-state index contributed by atoms with van der Waals surface area (Å²) in [5.74, 6) is -3.06. The minimum Gasteiger partial charge on any atom is -0.545 e. The second-order valence-electron chi connectivity index (χ2n) is 4.97. The zero-order valence-corrected chi connectivity index (χ0v) is 11.6. The number of carbonyl (C=O) groups excluding carboxylic acids is 2. The molecule has 0 fully saturated rings. The van der Waals surface area contributed by atoms with Gasteiger partial charge in [0.05, 0.1) is 11.9 Å². The summed E-state index contributed by atoms with van der Waals surface area (Å²) in [6.45, 7) is 11.1. The maximum atomic E-state index is 11.3. The molecule has 0 saturated heterocycles. The van der Waals surface area contributed by atoms with Gasteiger partial charge in [0.15, 0.2) is 0 Å². The number of allylic oxidation sites excluding steroid dienone is 2. The Kier molecular flexibility index (Phi) is 4.86. The van der Waals surface area contributed by atoms with E-state index in [9.17, 15) is 19.8 Å². The van der Waals surface area contributed by atoms with Gasteiger partial charge in [0, 0.05) is 11.1 Å². The van der Waals surface area contributed by atoms with Crippen LogP contribution >= 0.6 is 0 Å². The van der Waals surface area contributed by atoms with Gasteiger partial charge in [-0.25, -0.2) is 0 Å². The normalized spacial score (nSPS) is 10.1. The van der Waals surface area contributed by atoms with Crippen LogP contribution in [0, 0.1) is 0 Å². The predicted molar refractivity (Wildman–Crippen MR) is 72.1 cm³/mol. The Labute approximate surface area is 118 Å². The van der Waals surface area contributed by atoms with Crippen LogP contribution in [0.4, 0.5) is 0 Å². The summed E-state index contributed by atoms with van der Waals surface area (Å²) in [7, 11) is 0. The molecule has 0 N–H and O–H groups in total. The quantitative estimate of drug-likeness (QED) is 0.712.